The topological polar surface area (TPSA) is 131 Å². The Morgan fingerprint density at radius 3 is 1.41 bits per heavy atom. The zero-order chi connectivity index (χ0) is 31.4. The van der Waals surface area contributed by atoms with E-state index in [0.29, 0.717) is 6.61 Å². The summed E-state index contributed by atoms with van der Waals surface area (Å²) in [6, 6.07) is 0. The Bertz CT molecular complexity index is 497. The number of carbonyl (C=O) groups excluding carboxylic acids is 2. The molecular weight excluding hydrogens is 492 g/mol. The highest BCUT2D eigenvalue weighted by Gasteiger charge is 1.89. The second kappa shape index (κ2) is 60.3. The molecule has 0 unspecified atom stereocenters. The fourth-order valence-electron chi connectivity index (χ4n) is 1.72. The normalized spacial score (nSPS) is 9.33. The average molecular weight is 561 g/mol. The lowest BCUT2D eigenvalue weighted by Gasteiger charge is -1.95. The highest BCUT2D eigenvalue weighted by Crippen LogP contribution is 1.92. The fourth-order valence-corrected chi connectivity index (χ4v) is 1.72. The minimum Gasteiger partial charge on any atom is -0.450 e. The van der Waals surface area contributed by atoms with Gasteiger partial charge in [-0.3, -0.25) is 19.8 Å². The molecule has 0 aromatic heterocycles. The van der Waals surface area contributed by atoms with Gasteiger partial charge in [0, 0.05) is 40.2 Å². The molecule has 0 heterocycles. The number of nitrogens with one attached hydrogen (secondary N) is 2. The molecule has 0 aromatic rings. The number of rotatable bonds is 13. The number of amides is 2. The summed E-state index contributed by atoms with van der Waals surface area (Å²) in [5.74, 6) is 0.0573. The molecular formula is C30H68N6O3. The molecule has 0 bridgehead atoms. The van der Waals surface area contributed by atoms with Gasteiger partial charge in [0.1, 0.15) is 0 Å². The fraction of sp³-hybridized carbons (Fsp3) is 0.833. The molecule has 9 nitrogen and oxygen atoms in total. The minimum atomic E-state index is -0.373. The summed E-state index contributed by atoms with van der Waals surface area (Å²) < 4.78 is 4.44. The van der Waals surface area contributed by atoms with Crippen molar-refractivity contribution in [3.05, 3.63) is 0 Å². The van der Waals surface area contributed by atoms with Crippen LogP contribution in [0.25, 0.3) is 0 Å². The summed E-state index contributed by atoms with van der Waals surface area (Å²) in [4.78, 5) is 32.3. The monoisotopic (exact) mass is 561 g/mol. The summed E-state index contributed by atoms with van der Waals surface area (Å²) in [6.07, 6.45) is 14.8. The van der Waals surface area contributed by atoms with Crippen molar-refractivity contribution in [1.82, 2.24) is 10.6 Å². The first-order chi connectivity index (χ1) is 18.7. The van der Waals surface area contributed by atoms with Crippen LogP contribution in [0.4, 0.5) is 4.79 Å². The third-order valence-electron chi connectivity index (χ3n) is 3.82. The lowest BCUT2D eigenvalue weighted by molar-refractivity contribution is -0.118. The largest absolute Gasteiger partial charge is 0.450 e. The zero-order valence-electron chi connectivity index (χ0n) is 27.8. The molecule has 39 heavy (non-hydrogen) atoms. The van der Waals surface area contributed by atoms with Crippen LogP contribution in [0.5, 0.6) is 0 Å². The third kappa shape index (κ3) is 104. The van der Waals surface area contributed by atoms with E-state index in [9.17, 15) is 9.59 Å². The van der Waals surface area contributed by atoms with Crippen LogP contribution in [0, 0.1) is 0 Å². The van der Waals surface area contributed by atoms with Crippen LogP contribution in [0.1, 0.15) is 121 Å². The van der Waals surface area contributed by atoms with Gasteiger partial charge in [-0.05, 0) is 85.0 Å². The van der Waals surface area contributed by atoms with E-state index < -0.39 is 0 Å². The lowest BCUT2D eigenvalue weighted by atomic mass is 10.2. The first-order valence-corrected chi connectivity index (χ1v) is 14.9. The van der Waals surface area contributed by atoms with Gasteiger partial charge in [0.05, 0.1) is 6.61 Å². The van der Waals surface area contributed by atoms with Crippen molar-refractivity contribution in [3.8, 4) is 0 Å². The predicted octanol–water partition coefficient (Wildman–Crippen LogP) is 6.88. The van der Waals surface area contributed by atoms with E-state index in [-0.39, 0.29) is 12.0 Å². The molecule has 0 saturated carbocycles. The summed E-state index contributed by atoms with van der Waals surface area (Å²) in [6.45, 7) is 24.8. The molecule has 236 valence electrons. The second-order valence-electron chi connectivity index (χ2n) is 7.80. The van der Waals surface area contributed by atoms with Gasteiger partial charge in [-0.25, -0.2) is 4.79 Å². The van der Waals surface area contributed by atoms with Gasteiger partial charge >= 0.3 is 6.09 Å². The van der Waals surface area contributed by atoms with Gasteiger partial charge in [-0.2, -0.15) is 0 Å². The number of nitrogens with two attached hydrogens (primary N) is 1. The summed E-state index contributed by atoms with van der Waals surface area (Å²) >= 11 is 0. The van der Waals surface area contributed by atoms with Gasteiger partial charge in [0.15, 0.2) is 0 Å². The average Bonchev–Trinajstić information content (AvgIpc) is 2.95. The molecule has 0 saturated heterocycles. The molecule has 0 spiro atoms. The molecule has 0 radical (unpaired) electrons. The van der Waals surface area contributed by atoms with Crippen LogP contribution in [-0.4, -0.2) is 77.0 Å². The van der Waals surface area contributed by atoms with E-state index in [1.165, 1.54) is 46.1 Å². The summed E-state index contributed by atoms with van der Waals surface area (Å²) in [7, 11) is 1.53. The number of nitrogens with zero attached hydrogens (tertiary/aromatic N) is 3. The molecule has 0 fully saturated rings. The van der Waals surface area contributed by atoms with Gasteiger partial charge in [0.25, 0.3) is 0 Å². The van der Waals surface area contributed by atoms with E-state index in [1.54, 1.807) is 6.92 Å². The van der Waals surface area contributed by atoms with Gasteiger partial charge in [0.2, 0.25) is 5.91 Å². The van der Waals surface area contributed by atoms with Crippen LogP contribution in [0.15, 0.2) is 15.0 Å². The first-order valence-electron chi connectivity index (χ1n) is 14.9. The second-order valence-corrected chi connectivity index (χ2v) is 7.80. The van der Waals surface area contributed by atoms with Crippen molar-refractivity contribution in [2.45, 2.75) is 121 Å². The Morgan fingerprint density at radius 2 is 1.18 bits per heavy atom. The zero-order valence-corrected chi connectivity index (χ0v) is 27.8. The molecule has 0 aromatic carbocycles. The summed E-state index contributed by atoms with van der Waals surface area (Å²) in [5, 5.41) is 4.96. The molecule has 2 amide bonds. The number of hydrogen-bond acceptors (Lipinski definition) is 7. The predicted molar refractivity (Wildman–Crippen MR) is 176 cm³/mol. The van der Waals surface area contributed by atoms with E-state index in [0.717, 1.165) is 52.0 Å². The molecule has 4 N–H and O–H groups in total. The van der Waals surface area contributed by atoms with Crippen molar-refractivity contribution in [2.75, 3.05) is 46.4 Å². The maximum Gasteiger partial charge on any atom is 0.406 e. The first kappa shape index (κ1) is 49.6. The number of carbonyl (C=O) groups is 2. The quantitative estimate of drug-likeness (QED) is 0.167. The van der Waals surface area contributed by atoms with Crippen molar-refractivity contribution >= 4 is 30.6 Å². The van der Waals surface area contributed by atoms with Gasteiger partial charge in [-0.15, -0.1) is 0 Å². The Balaban J connectivity index is -0.0000000846. The van der Waals surface area contributed by atoms with E-state index >= 15 is 0 Å². The molecule has 0 aliphatic rings. The van der Waals surface area contributed by atoms with Gasteiger partial charge < -0.3 is 21.1 Å². The molecule has 9 heteroatoms. The van der Waals surface area contributed by atoms with Crippen molar-refractivity contribution < 1.29 is 14.3 Å². The molecule has 0 aliphatic carbocycles. The number of unbranched alkanes of at least 4 members (excludes halogenated alkanes) is 3. The highest BCUT2D eigenvalue weighted by atomic mass is 16.5. The number of ether oxygens (including phenoxy) is 1. The number of alkyl carbamates (subject to hydrolysis) is 1. The van der Waals surface area contributed by atoms with Crippen LogP contribution in [-0.2, 0) is 9.53 Å². The minimum absolute atomic E-state index is 0.0573. The maximum absolute atomic E-state index is 10.1. The van der Waals surface area contributed by atoms with Crippen molar-refractivity contribution in [1.29, 1.82) is 0 Å². The third-order valence-corrected chi connectivity index (χ3v) is 3.82. The number of hydrogen-bond donors (Lipinski definition) is 3. The highest BCUT2D eigenvalue weighted by molar-refractivity contribution is 5.72. The standard InChI is InChI=1S/C7H15N.C6H13N.C5H11NO.C5H11N.C4H9NO2.C3H9N/c1-3-5-6-7-8-4-2;1-3-5-6-7-4-2;1-3-4-6-5(2)7;1-3-5-6-4-2;1-3-7-4(6)5-2;1-2-3-4/h4H,3,5-7H2,1-2H3;4H,3,5-6H2,1-2H3;3-4H2,1-2H3,(H,6,7);4H,3,5H2,1-2H3;3H2,1-2H3,(H,5,6);2-4H2,1H3. The Hall–Kier alpha value is -2.29. The van der Waals surface area contributed by atoms with Crippen LogP contribution < -0.4 is 16.4 Å². The van der Waals surface area contributed by atoms with Crippen molar-refractivity contribution in [2.24, 2.45) is 20.7 Å². The Labute approximate surface area is 243 Å². The molecule has 0 aliphatic heterocycles. The smallest absolute Gasteiger partial charge is 0.406 e. The van der Waals surface area contributed by atoms with Crippen molar-refractivity contribution in [3.63, 3.8) is 0 Å². The Morgan fingerprint density at radius 1 is 0.718 bits per heavy atom. The van der Waals surface area contributed by atoms with Crippen LogP contribution in [0.3, 0.4) is 0 Å². The van der Waals surface area contributed by atoms with E-state index in [1.807, 2.05) is 46.3 Å². The van der Waals surface area contributed by atoms with E-state index in [2.05, 4.69) is 58.0 Å². The maximum atomic E-state index is 10.1. The molecule has 0 rings (SSSR count). The van der Waals surface area contributed by atoms with E-state index in [4.69, 9.17) is 5.73 Å². The SMILES string of the molecule is CC=NCCC.CC=NCCCC.CC=NCCCCC.CCCN.CCCNC(C)=O.CCOC(=O)NC. The van der Waals surface area contributed by atoms with Crippen LogP contribution in [0.2, 0.25) is 0 Å². The molecule has 0 atom stereocenters. The summed E-state index contributed by atoms with van der Waals surface area (Å²) in [5.41, 5.74) is 5.03. The lowest BCUT2D eigenvalue weighted by Crippen LogP contribution is -2.19. The Kier molecular flexibility index (Phi) is 76.8. The number of aliphatic imine (C=N–C) groups is 3. The van der Waals surface area contributed by atoms with Gasteiger partial charge in [-0.1, -0.05) is 53.9 Å². The van der Waals surface area contributed by atoms with Crippen LogP contribution >= 0.6 is 0 Å².